The van der Waals surface area contributed by atoms with Crippen LogP contribution in [0, 0.1) is 0 Å². The normalized spacial score (nSPS) is 14.1. The molecule has 142 valence electrons. The van der Waals surface area contributed by atoms with E-state index in [1.54, 1.807) is 12.4 Å². The predicted molar refractivity (Wildman–Crippen MR) is 109 cm³/mol. The maximum Gasteiger partial charge on any atom is 0.223 e. The summed E-state index contributed by atoms with van der Waals surface area (Å²) in [5.74, 6) is 1.07. The van der Waals surface area contributed by atoms with Gasteiger partial charge in [0.1, 0.15) is 0 Å². The Hall–Kier alpha value is -3.28. The first-order valence-corrected chi connectivity index (χ1v) is 9.60. The summed E-state index contributed by atoms with van der Waals surface area (Å²) in [5.41, 5.74) is 2.97. The van der Waals surface area contributed by atoms with Crippen LogP contribution in [0.1, 0.15) is 12.0 Å². The van der Waals surface area contributed by atoms with Crippen LogP contribution in [0.25, 0.3) is 11.3 Å². The van der Waals surface area contributed by atoms with E-state index in [9.17, 15) is 4.79 Å². The average Bonchev–Trinajstić information content (AvgIpc) is 2.79. The summed E-state index contributed by atoms with van der Waals surface area (Å²) < 4.78 is 0. The van der Waals surface area contributed by atoms with Crippen molar-refractivity contribution in [2.75, 3.05) is 31.1 Å². The molecule has 1 saturated heterocycles. The lowest BCUT2D eigenvalue weighted by Crippen LogP contribution is -2.49. The lowest BCUT2D eigenvalue weighted by molar-refractivity contribution is -0.131. The summed E-state index contributed by atoms with van der Waals surface area (Å²) in [7, 11) is 0. The molecular weight excluding hydrogens is 350 g/mol. The lowest BCUT2D eigenvalue weighted by Gasteiger charge is -2.35. The minimum absolute atomic E-state index is 0.224. The minimum atomic E-state index is 0.224. The Morgan fingerprint density at radius 3 is 2.39 bits per heavy atom. The summed E-state index contributed by atoms with van der Waals surface area (Å²) in [6.07, 6.45) is 4.88. The van der Waals surface area contributed by atoms with E-state index in [0.29, 0.717) is 6.42 Å². The molecule has 3 heterocycles. The molecular formula is C22H23N5O. The van der Waals surface area contributed by atoms with Crippen molar-refractivity contribution in [1.29, 1.82) is 0 Å². The first-order chi connectivity index (χ1) is 13.8. The number of nitrogens with zero attached hydrogens (tertiary/aromatic N) is 5. The van der Waals surface area contributed by atoms with Gasteiger partial charge in [0.05, 0.1) is 5.69 Å². The predicted octanol–water partition coefficient (Wildman–Crippen LogP) is 2.82. The van der Waals surface area contributed by atoms with E-state index in [1.807, 2.05) is 47.4 Å². The number of hydrogen-bond donors (Lipinski definition) is 0. The van der Waals surface area contributed by atoms with Gasteiger partial charge in [-0.2, -0.15) is 0 Å². The number of amides is 1. The molecule has 0 radical (unpaired) electrons. The molecule has 0 N–H and O–H groups in total. The molecule has 0 atom stereocenters. The maximum atomic E-state index is 12.5. The van der Waals surface area contributed by atoms with Crippen molar-refractivity contribution in [3.8, 4) is 11.3 Å². The van der Waals surface area contributed by atoms with Crippen molar-refractivity contribution in [2.24, 2.45) is 0 Å². The largest absolute Gasteiger partial charge is 0.352 e. The number of anilines is 1. The number of hydrogen-bond acceptors (Lipinski definition) is 5. The third kappa shape index (κ3) is 4.34. The number of rotatable bonds is 5. The number of aryl methyl sites for hydroxylation is 1. The molecule has 3 aromatic rings. The van der Waals surface area contributed by atoms with Gasteiger partial charge in [-0.05, 0) is 36.2 Å². The zero-order valence-electron chi connectivity index (χ0n) is 15.7. The molecule has 28 heavy (non-hydrogen) atoms. The first kappa shape index (κ1) is 18.1. The molecule has 1 fully saturated rings. The van der Waals surface area contributed by atoms with Crippen LogP contribution >= 0.6 is 0 Å². The Morgan fingerprint density at radius 1 is 0.893 bits per heavy atom. The van der Waals surface area contributed by atoms with Gasteiger partial charge in [-0.25, -0.2) is 0 Å². The van der Waals surface area contributed by atoms with Gasteiger partial charge >= 0.3 is 0 Å². The number of carbonyl (C=O) groups excluding carboxylic acids is 1. The molecule has 1 aliphatic heterocycles. The van der Waals surface area contributed by atoms with E-state index in [0.717, 1.165) is 49.7 Å². The van der Waals surface area contributed by atoms with Gasteiger partial charge in [0.2, 0.25) is 5.91 Å². The quantitative estimate of drug-likeness (QED) is 0.688. The second kappa shape index (κ2) is 8.61. The van der Waals surface area contributed by atoms with Gasteiger partial charge in [-0.1, -0.05) is 30.3 Å². The van der Waals surface area contributed by atoms with Crippen molar-refractivity contribution >= 4 is 11.7 Å². The molecule has 0 spiro atoms. The van der Waals surface area contributed by atoms with E-state index in [2.05, 4.69) is 32.2 Å². The van der Waals surface area contributed by atoms with Crippen LogP contribution in [0.4, 0.5) is 5.82 Å². The van der Waals surface area contributed by atoms with Gasteiger partial charge in [-0.3, -0.25) is 9.78 Å². The molecule has 4 rings (SSSR count). The molecule has 6 nitrogen and oxygen atoms in total. The highest BCUT2D eigenvalue weighted by molar-refractivity contribution is 5.76. The number of aromatic nitrogens is 3. The highest BCUT2D eigenvalue weighted by Gasteiger charge is 2.22. The minimum Gasteiger partial charge on any atom is -0.352 e. The van der Waals surface area contributed by atoms with Gasteiger partial charge in [0.15, 0.2) is 5.82 Å². The highest BCUT2D eigenvalue weighted by Crippen LogP contribution is 2.18. The van der Waals surface area contributed by atoms with Gasteiger partial charge in [0, 0.05) is 50.6 Å². The monoisotopic (exact) mass is 373 g/mol. The Bertz CT molecular complexity index is 891. The van der Waals surface area contributed by atoms with Crippen LogP contribution in [-0.4, -0.2) is 52.2 Å². The maximum absolute atomic E-state index is 12.5. The smallest absolute Gasteiger partial charge is 0.223 e. The molecule has 1 aliphatic rings. The standard InChI is InChI=1S/C22H23N5O/c28-22(11-8-18-5-2-1-3-6-18)27-15-13-26(14-16-27)21-10-9-20(24-25-21)19-7-4-12-23-17-19/h1-7,9-10,12,17H,8,11,13-16H2. The Kier molecular flexibility index (Phi) is 5.56. The van der Waals surface area contributed by atoms with Crippen molar-refractivity contribution in [3.05, 3.63) is 72.6 Å². The van der Waals surface area contributed by atoms with Crippen molar-refractivity contribution in [1.82, 2.24) is 20.1 Å². The van der Waals surface area contributed by atoms with Crippen LogP contribution < -0.4 is 4.90 Å². The molecule has 1 aromatic carbocycles. The fourth-order valence-electron chi connectivity index (χ4n) is 3.40. The third-order valence-corrected chi connectivity index (χ3v) is 5.03. The van der Waals surface area contributed by atoms with E-state index in [4.69, 9.17) is 0 Å². The Balaban J connectivity index is 1.29. The summed E-state index contributed by atoms with van der Waals surface area (Å²) in [6, 6.07) is 18.0. The molecule has 0 saturated carbocycles. The van der Waals surface area contributed by atoms with E-state index >= 15 is 0 Å². The summed E-state index contributed by atoms with van der Waals surface area (Å²) >= 11 is 0. The average molecular weight is 373 g/mol. The summed E-state index contributed by atoms with van der Waals surface area (Å²) in [4.78, 5) is 20.7. The molecule has 0 aliphatic carbocycles. The number of benzene rings is 1. The van der Waals surface area contributed by atoms with E-state index in [-0.39, 0.29) is 5.91 Å². The summed E-state index contributed by atoms with van der Waals surface area (Å²) in [5, 5.41) is 8.70. The zero-order chi connectivity index (χ0) is 19.2. The second-order valence-electron chi connectivity index (χ2n) is 6.87. The highest BCUT2D eigenvalue weighted by atomic mass is 16.2. The second-order valence-corrected chi connectivity index (χ2v) is 6.87. The van der Waals surface area contributed by atoms with Crippen molar-refractivity contribution in [3.63, 3.8) is 0 Å². The summed E-state index contributed by atoms with van der Waals surface area (Å²) in [6.45, 7) is 3.00. The van der Waals surface area contributed by atoms with Crippen molar-refractivity contribution in [2.45, 2.75) is 12.8 Å². The van der Waals surface area contributed by atoms with Crippen molar-refractivity contribution < 1.29 is 4.79 Å². The number of piperazine rings is 1. The molecule has 6 heteroatoms. The molecule has 2 aromatic heterocycles. The van der Waals surface area contributed by atoms with Crippen LogP contribution in [0.3, 0.4) is 0 Å². The van der Waals surface area contributed by atoms with Gasteiger partial charge < -0.3 is 9.80 Å². The molecule has 1 amide bonds. The third-order valence-electron chi connectivity index (χ3n) is 5.03. The molecule has 0 unspecified atom stereocenters. The van der Waals surface area contributed by atoms with Gasteiger partial charge in [-0.15, -0.1) is 10.2 Å². The van der Waals surface area contributed by atoms with Crippen LogP contribution in [0.5, 0.6) is 0 Å². The van der Waals surface area contributed by atoms with Crippen LogP contribution in [0.15, 0.2) is 67.0 Å². The first-order valence-electron chi connectivity index (χ1n) is 9.60. The molecule has 0 bridgehead atoms. The van der Waals surface area contributed by atoms with E-state index in [1.165, 1.54) is 5.56 Å². The fourth-order valence-corrected chi connectivity index (χ4v) is 3.40. The topological polar surface area (TPSA) is 62.2 Å². The van der Waals surface area contributed by atoms with E-state index < -0.39 is 0 Å². The van der Waals surface area contributed by atoms with Gasteiger partial charge in [0.25, 0.3) is 0 Å². The lowest BCUT2D eigenvalue weighted by atomic mass is 10.1. The fraction of sp³-hybridized carbons (Fsp3) is 0.273. The van der Waals surface area contributed by atoms with Crippen LogP contribution in [-0.2, 0) is 11.2 Å². The number of pyridine rings is 1. The Labute approximate surface area is 164 Å². The SMILES string of the molecule is O=C(CCc1ccccc1)N1CCN(c2ccc(-c3cccnc3)nn2)CC1. The zero-order valence-corrected chi connectivity index (χ0v) is 15.7. The van der Waals surface area contributed by atoms with Crippen LogP contribution in [0.2, 0.25) is 0 Å². The number of carbonyl (C=O) groups is 1. The Morgan fingerprint density at radius 2 is 1.71 bits per heavy atom.